The Morgan fingerprint density at radius 3 is 2.70 bits per heavy atom. The van der Waals surface area contributed by atoms with Crippen LogP contribution in [0.25, 0.3) is 0 Å². The van der Waals surface area contributed by atoms with E-state index >= 15 is 0 Å². The van der Waals surface area contributed by atoms with Crippen LogP contribution in [0.15, 0.2) is 48.8 Å². The van der Waals surface area contributed by atoms with Crippen molar-refractivity contribution in [3.8, 4) is 5.75 Å². The minimum absolute atomic E-state index is 0.0148. The Labute approximate surface area is 177 Å². The summed E-state index contributed by atoms with van der Waals surface area (Å²) >= 11 is 0. The number of rotatable bonds is 5. The minimum atomic E-state index is -3.20. The van der Waals surface area contributed by atoms with Crippen LogP contribution in [0.1, 0.15) is 44.1 Å². The molecule has 8 heteroatoms. The van der Waals surface area contributed by atoms with Crippen LogP contribution < -0.4 is 10.1 Å². The van der Waals surface area contributed by atoms with Gasteiger partial charge in [0.05, 0.1) is 17.6 Å². The van der Waals surface area contributed by atoms with E-state index in [1.54, 1.807) is 29.7 Å². The lowest BCUT2D eigenvalue weighted by Gasteiger charge is -2.46. The van der Waals surface area contributed by atoms with Crippen molar-refractivity contribution in [3.63, 3.8) is 0 Å². The lowest BCUT2D eigenvalue weighted by molar-refractivity contribution is -0.117. The molecule has 1 atom stereocenters. The number of piperidine rings is 1. The average Bonchev–Trinajstić information content (AvgIpc) is 2.74. The standard InChI is InChI=1S/C22H27N3O4S/c1-2-30(27,28)25-12-9-22(10-13-25)15-17(19-7-3-4-8-20(19)29-22)14-21(26)24-18-6-5-11-23-16-18/h3-8,11,16-17H,2,9-10,12-15H2,1H3,(H,24,26). The van der Waals surface area contributed by atoms with Crippen LogP contribution in [0.3, 0.4) is 0 Å². The molecule has 2 aliphatic rings. The van der Waals surface area contributed by atoms with Gasteiger partial charge in [-0.05, 0) is 37.1 Å². The Morgan fingerprint density at radius 1 is 1.23 bits per heavy atom. The number of pyridine rings is 1. The summed E-state index contributed by atoms with van der Waals surface area (Å²) in [5, 5.41) is 2.92. The van der Waals surface area contributed by atoms with Gasteiger partial charge >= 0.3 is 0 Å². The zero-order valence-corrected chi connectivity index (χ0v) is 17.9. The number of sulfonamides is 1. The van der Waals surface area contributed by atoms with Crippen molar-refractivity contribution < 1.29 is 17.9 Å². The molecule has 3 heterocycles. The van der Waals surface area contributed by atoms with E-state index in [0.29, 0.717) is 44.5 Å². The SMILES string of the molecule is CCS(=O)(=O)N1CCC2(CC1)CC(CC(=O)Nc1cccnc1)c1ccccc1O2. The molecule has 1 spiro atoms. The lowest BCUT2D eigenvalue weighted by atomic mass is 9.76. The van der Waals surface area contributed by atoms with Gasteiger partial charge in [0.1, 0.15) is 11.4 Å². The molecule has 30 heavy (non-hydrogen) atoms. The Balaban J connectivity index is 1.51. The third-order valence-electron chi connectivity index (χ3n) is 6.07. The molecule has 0 aliphatic carbocycles. The van der Waals surface area contributed by atoms with Crippen molar-refractivity contribution in [2.45, 2.75) is 44.1 Å². The number of benzene rings is 1. The smallest absolute Gasteiger partial charge is 0.225 e. The Bertz CT molecular complexity index is 1000. The van der Waals surface area contributed by atoms with E-state index in [1.807, 2.05) is 30.3 Å². The van der Waals surface area contributed by atoms with Crippen LogP contribution in [0.5, 0.6) is 5.75 Å². The van der Waals surface area contributed by atoms with E-state index in [0.717, 1.165) is 11.3 Å². The van der Waals surface area contributed by atoms with Gasteiger partial charge in [-0.1, -0.05) is 18.2 Å². The zero-order valence-electron chi connectivity index (χ0n) is 17.1. The fourth-order valence-corrected chi connectivity index (χ4v) is 5.56. The molecular formula is C22H27N3O4S. The highest BCUT2D eigenvalue weighted by Crippen LogP contribution is 2.46. The second-order valence-electron chi connectivity index (χ2n) is 8.02. The summed E-state index contributed by atoms with van der Waals surface area (Å²) < 4.78 is 32.5. The summed E-state index contributed by atoms with van der Waals surface area (Å²) in [4.78, 5) is 16.8. The van der Waals surface area contributed by atoms with Crippen LogP contribution in [0.4, 0.5) is 5.69 Å². The van der Waals surface area contributed by atoms with Crippen LogP contribution in [0.2, 0.25) is 0 Å². The van der Waals surface area contributed by atoms with E-state index in [1.165, 1.54) is 0 Å². The summed E-state index contributed by atoms with van der Waals surface area (Å²) in [6.45, 7) is 2.57. The van der Waals surface area contributed by atoms with E-state index < -0.39 is 15.6 Å². The zero-order chi connectivity index (χ0) is 21.2. The number of amides is 1. The van der Waals surface area contributed by atoms with Gasteiger partial charge in [-0.3, -0.25) is 9.78 Å². The third-order valence-corrected chi connectivity index (χ3v) is 7.95. The van der Waals surface area contributed by atoms with Crippen molar-refractivity contribution in [1.29, 1.82) is 0 Å². The van der Waals surface area contributed by atoms with Crippen molar-refractivity contribution in [2.75, 3.05) is 24.2 Å². The van der Waals surface area contributed by atoms with Crippen LogP contribution in [-0.2, 0) is 14.8 Å². The molecule has 1 aromatic heterocycles. The maximum Gasteiger partial charge on any atom is 0.225 e. The Kier molecular flexibility index (Phi) is 5.79. The highest BCUT2D eigenvalue weighted by Gasteiger charge is 2.45. The van der Waals surface area contributed by atoms with Gasteiger partial charge in [0.2, 0.25) is 15.9 Å². The molecule has 160 valence electrons. The number of carbonyl (C=O) groups excluding carboxylic acids is 1. The van der Waals surface area contributed by atoms with Gasteiger partial charge in [-0.25, -0.2) is 12.7 Å². The highest BCUT2D eigenvalue weighted by molar-refractivity contribution is 7.89. The van der Waals surface area contributed by atoms with Gasteiger partial charge in [-0.2, -0.15) is 0 Å². The Morgan fingerprint density at radius 2 is 2.00 bits per heavy atom. The first kappa shape index (κ1) is 20.8. The topological polar surface area (TPSA) is 88.6 Å². The van der Waals surface area contributed by atoms with E-state index in [9.17, 15) is 13.2 Å². The molecule has 0 bridgehead atoms. The van der Waals surface area contributed by atoms with E-state index in [-0.39, 0.29) is 17.6 Å². The fraction of sp³-hybridized carbons (Fsp3) is 0.455. The molecule has 1 saturated heterocycles. The van der Waals surface area contributed by atoms with Gasteiger partial charge < -0.3 is 10.1 Å². The van der Waals surface area contributed by atoms with Gasteiger partial charge in [0, 0.05) is 44.5 Å². The number of nitrogens with zero attached hydrogens (tertiary/aromatic N) is 2. The summed E-state index contributed by atoms with van der Waals surface area (Å²) in [6.07, 6.45) is 5.58. The fourth-order valence-electron chi connectivity index (χ4n) is 4.46. The van der Waals surface area contributed by atoms with Crippen molar-refractivity contribution in [3.05, 3.63) is 54.4 Å². The number of ether oxygens (including phenoxy) is 1. The van der Waals surface area contributed by atoms with Gasteiger partial charge in [0.15, 0.2) is 0 Å². The number of carbonyl (C=O) groups is 1. The molecule has 0 radical (unpaired) electrons. The molecule has 1 amide bonds. The summed E-state index contributed by atoms with van der Waals surface area (Å²) in [6, 6.07) is 11.4. The maximum atomic E-state index is 12.7. The summed E-state index contributed by atoms with van der Waals surface area (Å²) in [7, 11) is -3.20. The number of fused-ring (bicyclic) bond motifs is 1. The van der Waals surface area contributed by atoms with Crippen molar-refractivity contribution in [1.82, 2.24) is 9.29 Å². The normalized spacial score (nSPS) is 20.9. The van der Waals surface area contributed by atoms with Gasteiger partial charge in [-0.15, -0.1) is 0 Å². The third kappa shape index (κ3) is 4.34. The van der Waals surface area contributed by atoms with Crippen molar-refractivity contribution in [2.24, 2.45) is 0 Å². The first-order valence-electron chi connectivity index (χ1n) is 10.4. The molecular weight excluding hydrogens is 402 g/mol. The highest BCUT2D eigenvalue weighted by atomic mass is 32.2. The molecule has 1 aromatic carbocycles. The number of hydrogen-bond acceptors (Lipinski definition) is 5. The molecule has 1 fully saturated rings. The average molecular weight is 430 g/mol. The molecule has 1 unspecified atom stereocenters. The van der Waals surface area contributed by atoms with Gasteiger partial charge in [0.25, 0.3) is 0 Å². The second-order valence-corrected chi connectivity index (χ2v) is 10.3. The first-order chi connectivity index (χ1) is 14.4. The summed E-state index contributed by atoms with van der Waals surface area (Å²) in [5.74, 6) is 0.863. The number of anilines is 1. The summed E-state index contributed by atoms with van der Waals surface area (Å²) in [5.41, 5.74) is 1.27. The number of nitrogens with one attached hydrogen (secondary N) is 1. The van der Waals surface area contributed by atoms with E-state index in [4.69, 9.17) is 4.74 Å². The molecule has 7 nitrogen and oxygen atoms in total. The van der Waals surface area contributed by atoms with E-state index in [2.05, 4.69) is 10.3 Å². The lowest BCUT2D eigenvalue weighted by Crippen LogP contribution is -2.52. The predicted octanol–water partition coefficient (Wildman–Crippen LogP) is 3.16. The van der Waals surface area contributed by atoms with Crippen LogP contribution in [0, 0.1) is 0 Å². The molecule has 2 aromatic rings. The minimum Gasteiger partial charge on any atom is -0.487 e. The monoisotopic (exact) mass is 429 g/mol. The second kappa shape index (κ2) is 8.35. The number of aromatic nitrogens is 1. The molecule has 1 N–H and O–H groups in total. The Hall–Kier alpha value is -2.45. The number of para-hydroxylation sites is 1. The molecule has 4 rings (SSSR count). The number of hydrogen-bond donors (Lipinski definition) is 1. The quantitative estimate of drug-likeness (QED) is 0.789. The largest absolute Gasteiger partial charge is 0.487 e. The maximum absolute atomic E-state index is 12.7. The molecule has 2 aliphatic heterocycles. The van der Waals surface area contributed by atoms with Crippen molar-refractivity contribution >= 4 is 21.6 Å². The van der Waals surface area contributed by atoms with Crippen LogP contribution in [-0.4, -0.2) is 48.1 Å². The molecule has 0 saturated carbocycles. The predicted molar refractivity (Wildman–Crippen MR) is 115 cm³/mol. The van der Waals surface area contributed by atoms with Crippen LogP contribution >= 0.6 is 0 Å². The first-order valence-corrected chi connectivity index (χ1v) is 12.0.